The molecule has 4 nitrogen and oxygen atoms in total. The summed E-state index contributed by atoms with van der Waals surface area (Å²) in [6.45, 7) is 1.47. The monoisotopic (exact) mass is 212 g/mol. The van der Waals surface area contributed by atoms with Crippen LogP contribution < -0.4 is 0 Å². The van der Waals surface area contributed by atoms with E-state index in [1.165, 1.54) is 6.92 Å². The fourth-order valence-electron chi connectivity index (χ4n) is 0.960. The van der Waals surface area contributed by atoms with Crippen molar-refractivity contribution in [3.63, 3.8) is 0 Å². The Morgan fingerprint density at radius 2 is 2.00 bits per heavy atom. The third-order valence-corrected chi connectivity index (χ3v) is 1.96. The SMILES string of the molecule is CC(=O)N(Cc1ccc(Cl)cc1)N=O. The van der Waals surface area contributed by atoms with Crippen LogP contribution in [0.4, 0.5) is 0 Å². The normalized spacial score (nSPS) is 9.57. The van der Waals surface area contributed by atoms with Gasteiger partial charge in [-0.15, -0.1) is 4.91 Å². The molecule has 0 aliphatic rings. The first-order valence-electron chi connectivity index (χ1n) is 3.99. The van der Waals surface area contributed by atoms with E-state index >= 15 is 0 Å². The molecule has 0 bridgehead atoms. The summed E-state index contributed by atoms with van der Waals surface area (Å²) >= 11 is 5.68. The minimum absolute atomic E-state index is 0.177. The fraction of sp³-hybridized carbons (Fsp3) is 0.222. The van der Waals surface area contributed by atoms with Crippen molar-refractivity contribution in [1.82, 2.24) is 5.01 Å². The van der Waals surface area contributed by atoms with Gasteiger partial charge in [-0.2, -0.15) is 5.01 Å². The van der Waals surface area contributed by atoms with Crippen LogP contribution in [0.1, 0.15) is 12.5 Å². The van der Waals surface area contributed by atoms with Crippen LogP contribution in [0.3, 0.4) is 0 Å². The topological polar surface area (TPSA) is 49.7 Å². The molecule has 0 aliphatic heterocycles. The highest BCUT2D eigenvalue weighted by molar-refractivity contribution is 6.30. The minimum atomic E-state index is -0.380. The summed E-state index contributed by atoms with van der Waals surface area (Å²) < 4.78 is 0. The Balaban J connectivity index is 2.72. The predicted octanol–water partition coefficient (Wildman–Crippen LogP) is 2.37. The quantitative estimate of drug-likeness (QED) is 0.571. The van der Waals surface area contributed by atoms with Gasteiger partial charge in [-0.25, -0.2) is 0 Å². The molecule has 0 atom stereocenters. The minimum Gasteiger partial charge on any atom is -0.273 e. The number of carbonyl (C=O) groups excluding carboxylic acids is 1. The van der Waals surface area contributed by atoms with Gasteiger partial charge in [0, 0.05) is 11.9 Å². The largest absolute Gasteiger partial charge is 0.273 e. The summed E-state index contributed by atoms with van der Waals surface area (Å²) in [5.41, 5.74) is 0.809. The van der Waals surface area contributed by atoms with Crippen molar-refractivity contribution >= 4 is 17.5 Å². The molecule has 74 valence electrons. The van der Waals surface area contributed by atoms with Gasteiger partial charge in [-0.1, -0.05) is 23.7 Å². The maximum absolute atomic E-state index is 10.9. The molecule has 0 N–H and O–H groups in total. The van der Waals surface area contributed by atoms with Gasteiger partial charge in [-0.05, 0) is 17.7 Å². The van der Waals surface area contributed by atoms with E-state index in [1.807, 2.05) is 0 Å². The zero-order valence-corrected chi connectivity index (χ0v) is 8.36. The van der Waals surface area contributed by atoms with Crippen molar-refractivity contribution in [1.29, 1.82) is 0 Å². The zero-order valence-electron chi connectivity index (χ0n) is 7.61. The van der Waals surface area contributed by atoms with Gasteiger partial charge in [0.05, 0.1) is 11.8 Å². The third kappa shape index (κ3) is 2.81. The van der Waals surface area contributed by atoms with Crippen molar-refractivity contribution in [3.05, 3.63) is 39.8 Å². The van der Waals surface area contributed by atoms with Gasteiger partial charge in [0.15, 0.2) is 0 Å². The third-order valence-electron chi connectivity index (χ3n) is 1.71. The summed E-state index contributed by atoms with van der Waals surface area (Å²) in [7, 11) is 0. The van der Waals surface area contributed by atoms with E-state index in [0.29, 0.717) is 5.02 Å². The highest BCUT2D eigenvalue weighted by Crippen LogP contribution is 2.11. The van der Waals surface area contributed by atoms with Crippen LogP contribution in [0.25, 0.3) is 0 Å². The van der Waals surface area contributed by atoms with Gasteiger partial charge in [-0.3, -0.25) is 4.79 Å². The summed E-state index contributed by atoms with van der Waals surface area (Å²) in [6.07, 6.45) is 0. The molecule has 1 rings (SSSR count). The molecule has 0 fully saturated rings. The van der Waals surface area contributed by atoms with Gasteiger partial charge >= 0.3 is 0 Å². The Morgan fingerprint density at radius 3 is 2.43 bits per heavy atom. The van der Waals surface area contributed by atoms with Crippen molar-refractivity contribution in [2.75, 3.05) is 0 Å². The Labute approximate surface area is 86.4 Å². The first-order valence-corrected chi connectivity index (χ1v) is 4.37. The Bertz CT molecular complexity index is 337. The number of hydrogen-bond acceptors (Lipinski definition) is 3. The van der Waals surface area contributed by atoms with Crippen molar-refractivity contribution in [2.24, 2.45) is 5.29 Å². The van der Waals surface area contributed by atoms with Crippen LogP contribution in [-0.2, 0) is 11.3 Å². The van der Waals surface area contributed by atoms with Crippen LogP contribution in [-0.4, -0.2) is 10.9 Å². The Morgan fingerprint density at radius 1 is 1.43 bits per heavy atom. The number of carbonyl (C=O) groups is 1. The number of rotatable bonds is 3. The average Bonchev–Trinajstić information content (AvgIpc) is 2.16. The van der Waals surface area contributed by atoms with E-state index in [-0.39, 0.29) is 12.5 Å². The molecule has 1 aromatic carbocycles. The zero-order chi connectivity index (χ0) is 10.6. The van der Waals surface area contributed by atoms with E-state index in [2.05, 4.69) is 5.29 Å². The van der Waals surface area contributed by atoms with Crippen LogP contribution in [0.5, 0.6) is 0 Å². The summed E-state index contributed by atoms with van der Waals surface area (Å²) in [5, 5.41) is 4.07. The lowest BCUT2D eigenvalue weighted by Crippen LogP contribution is -2.21. The fourth-order valence-corrected chi connectivity index (χ4v) is 1.09. The van der Waals surface area contributed by atoms with E-state index in [0.717, 1.165) is 10.6 Å². The van der Waals surface area contributed by atoms with Gasteiger partial charge in [0.1, 0.15) is 0 Å². The van der Waals surface area contributed by atoms with Crippen LogP contribution in [0.15, 0.2) is 29.6 Å². The molecule has 0 aromatic heterocycles. The molecule has 0 saturated heterocycles. The number of benzene rings is 1. The first kappa shape index (κ1) is 10.7. The molecule has 0 aliphatic carbocycles. The van der Waals surface area contributed by atoms with E-state index in [9.17, 15) is 9.70 Å². The van der Waals surface area contributed by atoms with Gasteiger partial charge < -0.3 is 0 Å². The second-order valence-electron chi connectivity index (χ2n) is 2.78. The van der Waals surface area contributed by atoms with Crippen molar-refractivity contribution in [3.8, 4) is 0 Å². The molecule has 5 heteroatoms. The molecule has 0 spiro atoms. The maximum Gasteiger partial charge on any atom is 0.242 e. The lowest BCUT2D eigenvalue weighted by atomic mass is 10.2. The van der Waals surface area contributed by atoms with Crippen molar-refractivity contribution < 1.29 is 4.79 Å². The second-order valence-corrected chi connectivity index (χ2v) is 3.22. The molecular weight excluding hydrogens is 204 g/mol. The Kier molecular flexibility index (Phi) is 3.59. The maximum atomic E-state index is 10.9. The molecule has 0 radical (unpaired) electrons. The first-order chi connectivity index (χ1) is 6.63. The number of amides is 1. The van der Waals surface area contributed by atoms with Crippen LogP contribution >= 0.6 is 11.6 Å². The summed E-state index contributed by atoms with van der Waals surface area (Å²) in [4.78, 5) is 21.1. The highest BCUT2D eigenvalue weighted by Gasteiger charge is 2.08. The number of hydrogen-bond donors (Lipinski definition) is 0. The summed E-state index contributed by atoms with van der Waals surface area (Å²) in [6, 6.07) is 6.87. The van der Waals surface area contributed by atoms with Gasteiger partial charge in [0.2, 0.25) is 5.91 Å². The van der Waals surface area contributed by atoms with E-state index < -0.39 is 0 Å². The molecule has 14 heavy (non-hydrogen) atoms. The number of nitrogens with zero attached hydrogens (tertiary/aromatic N) is 2. The lowest BCUT2D eigenvalue weighted by Gasteiger charge is -2.10. The predicted molar refractivity (Wildman–Crippen MR) is 53.5 cm³/mol. The van der Waals surface area contributed by atoms with Gasteiger partial charge in [0.25, 0.3) is 0 Å². The molecule has 1 aromatic rings. The molecule has 1 amide bonds. The standard InChI is InChI=1S/C9H9ClN2O2/c1-7(13)12(11-14)6-8-2-4-9(10)5-3-8/h2-5H,6H2,1H3. The average molecular weight is 213 g/mol. The lowest BCUT2D eigenvalue weighted by molar-refractivity contribution is -0.129. The van der Waals surface area contributed by atoms with E-state index in [4.69, 9.17) is 11.6 Å². The molecular formula is C9H9ClN2O2. The second kappa shape index (κ2) is 4.72. The highest BCUT2D eigenvalue weighted by atomic mass is 35.5. The summed E-state index contributed by atoms with van der Waals surface area (Å²) in [5.74, 6) is -0.380. The van der Waals surface area contributed by atoms with Crippen molar-refractivity contribution in [2.45, 2.75) is 13.5 Å². The molecule has 0 heterocycles. The van der Waals surface area contributed by atoms with Crippen LogP contribution in [0, 0.1) is 4.91 Å². The molecule has 0 saturated carbocycles. The Hall–Kier alpha value is -1.42. The number of nitroso groups, excluding NO2 is 1. The molecule has 0 unspecified atom stereocenters. The van der Waals surface area contributed by atoms with E-state index in [1.54, 1.807) is 24.3 Å². The van der Waals surface area contributed by atoms with Crippen LogP contribution in [0.2, 0.25) is 5.02 Å². The smallest absolute Gasteiger partial charge is 0.242 e. The number of halogens is 1.